The number of rotatable bonds is 2. The molecule has 0 amide bonds. The van der Waals surface area contributed by atoms with Crippen LogP contribution in [0.2, 0.25) is 0 Å². The summed E-state index contributed by atoms with van der Waals surface area (Å²) in [6.45, 7) is 3.23. The van der Waals surface area contributed by atoms with Crippen LogP contribution >= 0.6 is 7.37 Å². The highest BCUT2D eigenvalue weighted by atomic mass is 31.2. The van der Waals surface area contributed by atoms with Gasteiger partial charge < -0.3 is 10.6 Å². The standard InChI is InChI=1S/C5H12NO2P/c1-5(3-4-6)9(2,7)8/h3H,4,6H2,1-2H3,(H,7,8)/b5-3-. The van der Waals surface area contributed by atoms with E-state index in [4.69, 9.17) is 10.6 Å². The molecule has 0 spiro atoms. The summed E-state index contributed by atoms with van der Waals surface area (Å²) in [5, 5.41) is 0.477. The summed E-state index contributed by atoms with van der Waals surface area (Å²) in [5.41, 5.74) is 5.12. The van der Waals surface area contributed by atoms with Gasteiger partial charge in [-0.15, -0.1) is 0 Å². The molecule has 9 heavy (non-hydrogen) atoms. The van der Waals surface area contributed by atoms with Gasteiger partial charge in [0.15, 0.2) is 0 Å². The second-order valence-electron chi connectivity index (χ2n) is 1.96. The molecule has 3 nitrogen and oxygen atoms in total. The Morgan fingerprint density at radius 1 is 1.89 bits per heavy atom. The summed E-state index contributed by atoms with van der Waals surface area (Å²) in [6.07, 6.45) is 1.56. The van der Waals surface area contributed by atoms with E-state index in [-0.39, 0.29) is 0 Å². The van der Waals surface area contributed by atoms with Crippen LogP contribution in [0.3, 0.4) is 0 Å². The SMILES string of the molecule is C/C(=C/CN)P(C)(=O)O. The Bertz CT molecular complexity index is 158. The molecule has 0 aliphatic carbocycles. The molecule has 0 heterocycles. The molecule has 0 bridgehead atoms. The van der Waals surface area contributed by atoms with Gasteiger partial charge in [-0.25, -0.2) is 0 Å². The zero-order chi connectivity index (χ0) is 7.49. The van der Waals surface area contributed by atoms with Crippen LogP contribution in [0.4, 0.5) is 0 Å². The van der Waals surface area contributed by atoms with Gasteiger partial charge in [0.2, 0.25) is 7.37 Å². The summed E-state index contributed by atoms with van der Waals surface area (Å²) in [6, 6.07) is 0. The van der Waals surface area contributed by atoms with E-state index in [1.807, 2.05) is 0 Å². The van der Waals surface area contributed by atoms with Crippen molar-refractivity contribution >= 4 is 7.37 Å². The van der Waals surface area contributed by atoms with Crippen molar-refractivity contribution in [2.24, 2.45) is 5.73 Å². The third kappa shape index (κ3) is 3.46. The lowest BCUT2D eigenvalue weighted by Gasteiger charge is -2.02. The van der Waals surface area contributed by atoms with Gasteiger partial charge in [-0.05, 0) is 6.92 Å². The topological polar surface area (TPSA) is 63.3 Å². The Hall–Kier alpha value is -0.110. The Morgan fingerprint density at radius 2 is 2.33 bits per heavy atom. The van der Waals surface area contributed by atoms with Crippen molar-refractivity contribution in [3.63, 3.8) is 0 Å². The molecule has 3 N–H and O–H groups in total. The minimum atomic E-state index is -2.99. The zero-order valence-electron chi connectivity index (χ0n) is 5.66. The molecule has 0 saturated carbocycles. The second kappa shape index (κ2) is 3.16. The first-order valence-corrected chi connectivity index (χ1v) is 4.77. The van der Waals surface area contributed by atoms with Crippen molar-refractivity contribution in [2.75, 3.05) is 13.2 Å². The highest BCUT2D eigenvalue weighted by molar-refractivity contribution is 7.61. The average molecular weight is 149 g/mol. The fourth-order valence-corrected chi connectivity index (χ4v) is 0.784. The van der Waals surface area contributed by atoms with Crippen molar-refractivity contribution in [1.29, 1.82) is 0 Å². The first-order chi connectivity index (χ1) is 3.98. The Balaban J connectivity index is 4.21. The van der Waals surface area contributed by atoms with Crippen LogP contribution in [0.5, 0.6) is 0 Å². The summed E-state index contributed by atoms with van der Waals surface area (Å²) < 4.78 is 10.7. The van der Waals surface area contributed by atoms with Gasteiger partial charge in [0.1, 0.15) is 0 Å². The van der Waals surface area contributed by atoms with Crippen molar-refractivity contribution in [3.05, 3.63) is 11.4 Å². The maximum atomic E-state index is 10.7. The van der Waals surface area contributed by atoms with E-state index in [0.29, 0.717) is 11.9 Å². The number of allylic oxidation sites excluding steroid dienone is 1. The average Bonchev–Trinajstić information content (AvgIpc) is 1.64. The van der Waals surface area contributed by atoms with E-state index >= 15 is 0 Å². The van der Waals surface area contributed by atoms with Crippen LogP contribution in [0.15, 0.2) is 11.4 Å². The van der Waals surface area contributed by atoms with Gasteiger partial charge >= 0.3 is 0 Å². The Labute approximate surface area is 55.0 Å². The predicted octanol–water partition coefficient (Wildman–Crippen LogP) is 0.749. The molecule has 0 aromatic carbocycles. The van der Waals surface area contributed by atoms with Crippen molar-refractivity contribution in [2.45, 2.75) is 6.92 Å². The minimum absolute atomic E-state index is 0.324. The molecule has 4 heteroatoms. The third-order valence-corrected chi connectivity index (χ3v) is 2.56. The van der Waals surface area contributed by atoms with E-state index in [2.05, 4.69) is 0 Å². The van der Waals surface area contributed by atoms with Gasteiger partial charge in [-0.3, -0.25) is 4.57 Å². The molecule has 1 atom stereocenters. The van der Waals surface area contributed by atoms with Crippen molar-refractivity contribution in [1.82, 2.24) is 0 Å². The summed E-state index contributed by atoms with van der Waals surface area (Å²) in [7, 11) is -2.99. The molecule has 0 aromatic rings. The predicted molar refractivity (Wildman–Crippen MR) is 38.6 cm³/mol. The van der Waals surface area contributed by atoms with E-state index in [1.165, 1.54) is 6.66 Å². The number of hydrogen-bond donors (Lipinski definition) is 2. The largest absolute Gasteiger partial charge is 0.341 e. The minimum Gasteiger partial charge on any atom is -0.341 e. The molecule has 0 fully saturated rings. The molecule has 0 radical (unpaired) electrons. The van der Waals surface area contributed by atoms with Gasteiger partial charge in [0.05, 0.1) is 0 Å². The molecular weight excluding hydrogens is 137 g/mol. The first-order valence-electron chi connectivity index (χ1n) is 2.66. The molecule has 54 valence electrons. The highest BCUT2D eigenvalue weighted by Crippen LogP contribution is 2.44. The lowest BCUT2D eigenvalue weighted by molar-refractivity contribution is 0.492. The number of nitrogens with two attached hydrogens (primary N) is 1. The van der Waals surface area contributed by atoms with E-state index in [9.17, 15) is 4.57 Å². The maximum absolute atomic E-state index is 10.7. The van der Waals surface area contributed by atoms with Gasteiger partial charge in [-0.1, -0.05) is 6.08 Å². The first kappa shape index (κ1) is 8.89. The molecule has 0 saturated heterocycles. The highest BCUT2D eigenvalue weighted by Gasteiger charge is 2.10. The van der Waals surface area contributed by atoms with E-state index < -0.39 is 7.37 Å². The Morgan fingerprint density at radius 3 is 2.44 bits per heavy atom. The maximum Gasteiger partial charge on any atom is 0.222 e. The fourth-order valence-electron chi connectivity index (χ4n) is 0.340. The third-order valence-electron chi connectivity index (χ3n) is 1.07. The summed E-state index contributed by atoms with van der Waals surface area (Å²) in [5.74, 6) is 0. The van der Waals surface area contributed by atoms with Gasteiger partial charge in [0, 0.05) is 18.5 Å². The molecule has 1 unspecified atom stereocenters. The van der Waals surface area contributed by atoms with E-state index in [1.54, 1.807) is 13.0 Å². The van der Waals surface area contributed by atoms with Crippen LogP contribution in [0.1, 0.15) is 6.92 Å². The zero-order valence-corrected chi connectivity index (χ0v) is 6.56. The number of hydrogen-bond acceptors (Lipinski definition) is 2. The second-order valence-corrected chi connectivity index (χ2v) is 4.42. The monoisotopic (exact) mass is 149 g/mol. The van der Waals surface area contributed by atoms with Crippen molar-refractivity contribution < 1.29 is 9.46 Å². The normalized spacial score (nSPS) is 19.3. The molecule has 0 aliphatic rings. The van der Waals surface area contributed by atoms with Crippen LogP contribution < -0.4 is 5.73 Å². The van der Waals surface area contributed by atoms with Crippen molar-refractivity contribution in [3.8, 4) is 0 Å². The summed E-state index contributed by atoms with van der Waals surface area (Å²) >= 11 is 0. The van der Waals surface area contributed by atoms with E-state index in [0.717, 1.165) is 0 Å². The quantitative estimate of drug-likeness (QED) is 0.569. The molecule has 0 rings (SSSR count). The lowest BCUT2D eigenvalue weighted by atomic mass is 10.5. The van der Waals surface area contributed by atoms with Crippen LogP contribution in [-0.4, -0.2) is 18.1 Å². The lowest BCUT2D eigenvalue weighted by Crippen LogP contribution is -1.94. The van der Waals surface area contributed by atoms with Crippen LogP contribution in [-0.2, 0) is 4.57 Å². The summed E-state index contributed by atoms with van der Waals surface area (Å²) in [4.78, 5) is 8.85. The van der Waals surface area contributed by atoms with Gasteiger partial charge in [-0.2, -0.15) is 0 Å². The molecule has 0 aromatic heterocycles. The van der Waals surface area contributed by atoms with Crippen LogP contribution in [0, 0.1) is 0 Å². The van der Waals surface area contributed by atoms with Gasteiger partial charge in [0.25, 0.3) is 0 Å². The molecular formula is C5H12NO2P. The molecule has 0 aliphatic heterocycles. The van der Waals surface area contributed by atoms with Crippen LogP contribution in [0.25, 0.3) is 0 Å². The smallest absolute Gasteiger partial charge is 0.222 e. The Kier molecular flexibility index (Phi) is 3.12. The fraction of sp³-hybridized carbons (Fsp3) is 0.600.